The Labute approximate surface area is 216 Å². The summed E-state index contributed by atoms with van der Waals surface area (Å²) in [6.45, 7) is 4.06. The number of imide groups is 1. The van der Waals surface area contributed by atoms with Crippen LogP contribution in [-0.2, 0) is 12.8 Å². The fourth-order valence-electron chi connectivity index (χ4n) is 3.93. The number of halogens is 4. The van der Waals surface area contributed by atoms with Crippen LogP contribution < -0.4 is 10.2 Å². The van der Waals surface area contributed by atoms with Crippen LogP contribution in [0.5, 0.6) is 0 Å². The average molecular weight is 536 g/mol. The van der Waals surface area contributed by atoms with Crippen LogP contribution in [0.15, 0.2) is 42.5 Å². The van der Waals surface area contributed by atoms with Crippen LogP contribution in [0.2, 0.25) is 20.1 Å². The first-order valence-electron chi connectivity index (χ1n) is 10.5. The fraction of sp³-hybridized carbons (Fsp3) is 0.160. The van der Waals surface area contributed by atoms with Crippen LogP contribution in [0.1, 0.15) is 56.0 Å². The van der Waals surface area contributed by atoms with Crippen LogP contribution in [0.25, 0.3) is 0 Å². The Bertz CT molecular complexity index is 1280. The van der Waals surface area contributed by atoms with Crippen molar-refractivity contribution in [2.45, 2.75) is 26.7 Å². The Morgan fingerprint density at radius 2 is 1.24 bits per heavy atom. The van der Waals surface area contributed by atoms with Crippen molar-refractivity contribution in [3.63, 3.8) is 0 Å². The number of fused-ring (bicyclic) bond motifs is 1. The summed E-state index contributed by atoms with van der Waals surface area (Å²) in [6, 6.07) is 12.0. The zero-order valence-corrected chi connectivity index (χ0v) is 21.2. The van der Waals surface area contributed by atoms with Crippen molar-refractivity contribution in [1.29, 1.82) is 0 Å². The minimum absolute atomic E-state index is 0.0964. The summed E-state index contributed by atoms with van der Waals surface area (Å²) in [5, 5.41) is 2.53. The minimum Gasteiger partial charge on any atom is -0.321 e. The number of aryl methyl sites for hydroxylation is 2. The highest BCUT2D eigenvalue weighted by Gasteiger charge is 2.42. The third kappa shape index (κ3) is 3.97. The van der Waals surface area contributed by atoms with E-state index in [4.69, 9.17) is 46.4 Å². The van der Waals surface area contributed by atoms with E-state index in [0.717, 1.165) is 34.6 Å². The zero-order valence-electron chi connectivity index (χ0n) is 18.1. The number of amides is 3. The lowest BCUT2D eigenvalue weighted by atomic mass is 10.0. The van der Waals surface area contributed by atoms with Gasteiger partial charge in [0.25, 0.3) is 17.7 Å². The first-order valence-corrected chi connectivity index (χ1v) is 12.0. The average Bonchev–Trinajstić information content (AvgIpc) is 3.11. The van der Waals surface area contributed by atoms with Crippen molar-refractivity contribution in [2.75, 3.05) is 10.2 Å². The molecular formula is C25H18Cl4N2O3. The number of nitrogens with zero attached hydrogens (tertiary/aromatic N) is 1. The largest absolute Gasteiger partial charge is 0.321 e. The summed E-state index contributed by atoms with van der Waals surface area (Å²) >= 11 is 24.5. The number of benzene rings is 3. The molecule has 0 bridgehead atoms. The van der Waals surface area contributed by atoms with E-state index in [-0.39, 0.29) is 42.8 Å². The van der Waals surface area contributed by atoms with E-state index in [0.29, 0.717) is 5.56 Å². The molecule has 3 aromatic rings. The molecule has 174 valence electrons. The maximum atomic E-state index is 13.0. The highest BCUT2D eigenvalue weighted by atomic mass is 35.5. The van der Waals surface area contributed by atoms with Crippen LogP contribution >= 0.6 is 46.4 Å². The van der Waals surface area contributed by atoms with Gasteiger partial charge < -0.3 is 5.32 Å². The van der Waals surface area contributed by atoms with Gasteiger partial charge in [-0.05, 0) is 48.2 Å². The summed E-state index contributed by atoms with van der Waals surface area (Å²) < 4.78 is 0. The molecule has 1 heterocycles. The van der Waals surface area contributed by atoms with E-state index < -0.39 is 11.8 Å². The molecule has 9 heteroatoms. The lowest BCUT2D eigenvalue weighted by Crippen LogP contribution is -2.29. The predicted octanol–water partition coefficient (Wildman–Crippen LogP) is 7.48. The standard InChI is InChI=1S/C25H18Cl4N2O3/c1-3-12-6-5-7-13(4-2)22(12)30-23(32)14-8-10-15(11-9-14)31-24(33)16-17(25(31)34)19(27)21(29)20(28)18(16)26/h5-11H,3-4H2,1-2H3,(H,30,32). The number of nitrogens with one attached hydrogen (secondary N) is 1. The molecule has 0 spiro atoms. The molecule has 34 heavy (non-hydrogen) atoms. The number of hydrogen-bond donors (Lipinski definition) is 1. The van der Waals surface area contributed by atoms with E-state index in [1.807, 2.05) is 32.0 Å². The first kappa shape index (κ1) is 24.6. The van der Waals surface area contributed by atoms with Gasteiger partial charge in [0.2, 0.25) is 0 Å². The number of rotatable bonds is 5. The molecule has 0 saturated carbocycles. The minimum atomic E-state index is -0.674. The topological polar surface area (TPSA) is 66.5 Å². The molecule has 4 rings (SSSR count). The van der Waals surface area contributed by atoms with E-state index in [1.54, 1.807) is 0 Å². The predicted molar refractivity (Wildman–Crippen MR) is 137 cm³/mol. The summed E-state index contributed by atoms with van der Waals surface area (Å²) in [6.07, 6.45) is 1.56. The molecule has 1 aliphatic rings. The van der Waals surface area contributed by atoms with Crippen molar-refractivity contribution in [1.82, 2.24) is 0 Å². The van der Waals surface area contributed by atoms with Crippen molar-refractivity contribution in [3.05, 3.63) is 90.4 Å². The summed E-state index contributed by atoms with van der Waals surface area (Å²) in [7, 11) is 0. The fourth-order valence-corrected chi connectivity index (χ4v) is 4.95. The molecule has 1 N–H and O–H groups in total. The Kier molecular flexibility index (Phi) is 6.92. The SMILES string of the molecule is CCc1cccc(CC)c1NC(=O)c1ccc(N2C(=O)c3c(Cl)c(Cl)c(Cl)c(Cl)c3C2=O)cc1. The zero-order chi connectivity index (χ0) is 24.7. The van der Waals surface area contributed by atoms with E-state index in [1.165, 1.54) is 24.3 Å². The first-order chi connectivity index (χ1) is 16.2. The molecule has 0 radical (unpaired) electrons. The van der Waals surface area contributed by atoms with Gasteiger partial charge in [0, 0.05) is 11.3 Å². The third-order valence-electron chi connectivity index (χ3n) is 5.73. The number of para-hydroxylation sites is 1. The third-order valence-corrected chi connectivity index (χ3v) is 7.53. The molecule has 3 aromatic carbocycles. The normalized spacial score (nSPS) is 12.8. The van der Waals surface area contributed by atoms with Gasteiger partial charge in [-0.15, -0.1) is 0 Å². The van der Waals surface area contributed by atoms with Gasteiger partial charge in [0.1, 0.15) is 0 Å². The van der Waals surface area contributed by atoms with Gasteiger partial charge >= 0.3 is 0 Å². The van der Waals surface area contributed by atoms with Gasteiger partial charge in [-0.1, -0.05) is 78.5 Å². The van der Waals surface area contributed by atoms with Gasteiger partial charge in [0.05, 0.1) is 36.9 Å². The molecule has 0 atom stereocenters. The summed E-state index contributed by atoms with van der Waals surface area (Å²) in [5.74, 6) is -1.64. The van der Waals surface area contributed by atoms with Gasteiger partial charge in [-0.25, -0.2) is 4.90 Å². The molecule has 0 aromatic heterocycles. The second-order valence-corrected chi connectivity index (χ2v) is 9.12. The van der Waals surface area contributed by atoms with E-state index in [9.17, 15) is 14.4 Å². The number of hydrogen-bond acceptors (Lipinski definition) is 3. The Hall–Kier alpha value is -2.57. The highest BCUT2D eigenvalue weighted by Crippen LogP contribution is 2.45. The van der Waals surface area contributed by atoms with Crippen LogP contribution in [-0.4, -0.2) is 17.7 Å². The Morgan fingerprint density at radius 1 is 0.765 bits per heavy atom. The monoisotopic (exact) mass is 534 g/mol. The maximum Gasteiger partial charge on any atom is 0.267 e. The molecule has 0 saturated heterocycles. The molecular weight excluding hydrogens is 518 g/mol. The van der Waals surface area contributed by atoms with Crippen molar-refractivity contribution in [3.8, 4) is 0 Å². The molecule has 3 amide bonds. The molecule has 0 fully saturated rings. The van der Waals surface area contributed by atoms with E-state index in [2.05, 4.69) is 5.32 Å². The van der Waals surface area contributed by atoms with Crippen molar-refractivity contribution in [2.24, 2.45) is 0 Å². The van der Waals surface area contributed by atoms with Gasteiger partial charge in [-0.3, -0.25) is 14.4 Å². The van der Waals surface area contributed by atoms with Gasteiger partial charge in [0.15, 0.2) is 0 Å². The molecule has 5 nitrogen and oxygen atoms in total. The lowest BCUT2D eigenvalue weighted by Gasteiger charge is -2.16. The second-order valence-electron chi connectivity index (χ2n) is 7.61. The Balaban J connectivity index is 1.64. The van der Waals surface area contributed by atoms with Crippen LogP contribution in [0.4, 0.5) is 11.4 Å². The second kappa shape index (κ2) is 9.59. The Morgan fingerprint density at radius 3 is 1.68 bits per heavy atom. The quantitative estimate of drug-likeness (QED) is 0.209. The van der Waals surface area contributed by atoms with E-state index >= 15 is 0 Å². The molecule has 1 aliphatic heterocycles. The number of carbonyl (C=O) groups excluding carboxylic acids is 3. The molecule has 0 aliphatic carbocycles. The number of carbonyl (C=O) groups is 3. The van der Waals surface area contributed by atoms with Crippen LogP contribution in [0.3, 0.4) is 0 Å². The lowest BCUT2D eigenvalue weighted by molar-refractivity contribution is 0.0925. The molecule has 0 unspecified atom stereocenters. The van der Waals surface area contributed by atoms with Crippen LogP contribution in [0, 0.1) is 0 Å². The number of anilines is 2. The highest BCUT2D eigenvalue weighted by molar-refractivity contribution is 6.56. The van der Waals surface area contributed by atoms with Gasteiger partial charge in [-0.2, -0.15) is 0 Å². The maximum absolute atomic E-state index is 13.0. The smallest absolute Gasteiger partial charge is 0.267 e. The van der Waals surface area contributed by atoms with Crippen molar-refractivity contribution >= 4 is 75.5 Å². The summed E-state index contributed by atoms with van der Waals surface area (Å²) in [4.78, 5) is 39.9. The van der Waals surface area contributed by atoms with Crippen molar-refractivity contribution < 1.29 is 14.4 Å². The summed E-state index contributed by atoms with van der Waals surface area (Å²) in [5.41, 5.74) is 3.32.